The molecule has 0 radical (unpaired) electrons. The van der Waals surface area contributed by atoms with E-state index in [1.165, 1.54) is 33.8 Å². The first kappa shape index (κ1) is 21.3. The second-order valence-corrected chi connectivity index (χ2v) is 7.80. The van der Waals surface area contributed by atoms with Crippen molar-refractivity contribution in [2.45, 2.75) is 27.3 Å². The summed E-state index contributed by atoms with van der Waals surface area (Å²) in [6, 6.07) is 12.3. The molecule has 32 heavy (non-hydrogen) atoms. The van der Waals surface area contributed by atoms with Crippen molar-refractivity contribution in [2.24, 2.45) is 0 Å². The topological polar surface area (TPSA) is 96.2 Å². The standard InChI is InChI=1S/C24H26N6O2/c1-5-29(4)22-19-11-18(25-13-20-15(2)7-6-8-16(20)3)9-10-21(19)27-24(28-22)30-14-17(12-26-30)23(31)32/h6-12,14,25H,5,13H2,1-4H3,(H,31,32). The Labute approximate surface area is 186 Å². The zero-order valence-electron chi connectivity index (χ0n) is 18.6. The summed E-state index contributed by atoms with van der Waals surface area (Å²) in [5.74, 6) is 0.0506. The van der Waals surface area contributed by atoms with Crippen molar-refractivity contribution in [1.29, 1.82) is 0 Å². The summed E-state index contributed by atoms with van der Waals surface area (Å²) < 4.78 is 1.39. The first-order chi connectivity index (χ1) is 15.4. The Hall–Kier alpha value is -3.94. The lowest BCUT2D eigenvalue weighted by atomic mass is 10.0. The van der Waals surface area contributed by atoms with Crippen molar-refractivity contribution >= 4 is 28.4 Å². The van der Waals surface area contributed by atoms with Crippen molar-refractivity contribution in [2.75, 3.05) is 23.8 Å². The maximum Gasteiger partial charge on any atom is 0.338 e. The van der Waals surface area contributed by atoms with Gasteiger partial charge >= 0.3 is 5.97 Å². The molecule has 0 unspecified atom stereocenters. The predicted molar refractivity (Wildman–Crippen MR) is 126 cm³/mol. The van der Waals surface area contributed by atoms with E-state index in [4.69, 9.17) is 4.98 Å². The van der Waals surface area contributed by atoms with Crippen LogP contribution < -0.4 is 10.2 Å². The number of hydrogen-bond donors (Lipinski definition) is 2. The van der Waals surface area contributed by atoms with Gasteiger partial charge in [0.05, 0.1) is 17.3 Å². The minimum Gasteiger partial charge on any atom is -0.478 e. The highest BCUT2D eigenvalue weighted by atomic mass is 16.4. The molecule has 0 amide bonds. The number of aromatic nitrogens is 4. The van der Waals surface area contributed by atoms with Crippen molar-refractivity contribution in [3.8, 4) is 5.95 Å². The summed E-state index contributed by atoms with van der Waals surface area (Å²) in [4.78, 5) is 22.6. The number of carboxylic acid groups (broad SMARTS) is 1. The van der Waals surface area contributed by atoms with Crippen molar-refractivity contribution in [1.82, 2.24) is 19.7 Å². The maximum atomic E-state index is 11.2. The zero-order valence-corrected chi connectivity index (χ0v) is 18.6. The first-order valence-electron chi connectivity index (χ1n) is 10.5. The van der Waals surface area contributed by atoms with Crippen LogP contribution in [0.15, 0.2) is 48.8 Å². The fourth-order valence-electron chi connectivity index (χ4n) is 3.61. The molecular weight excluding hydrogens is 404 g/mol. The molecule has 0 bridgehead atoms. The molecule has 2 aromatic heterocycles. The maximum absolute atomic E-state index is 11.2. The normalized spacial score (nSPS) is 11.0. The largest absolute Gasteiger partial charge is 0.478 e. The van der Waals surface area contributed by atoms with Gasteiger partial charge in [-0.15, -0.1) is 0 Å². The molecule has 0 fully saturated rings. The van der Waals surface area contributed by atoms with Gasteiger partial charge in [0.25, 0.3) is 5.95 Å². The number of nitrogens with one attached hydrogen (secondary N) is 1. The van der Waals surface area contributed by atoms with Gasteiger partial charge in [-0.3, -0.25) is 0 Å². The lowest BCUT2D eigenvalue weighted by molar-refractivity contribution is 0.0697. The highest BCUT2D eigenvalue weighted by Crippen LogP contribution is 2.28. The van der Waals surface area contributed by atoms with Gasteiger partial charge in [0.15, 0.2) is 0 Å². The molecule has 0 aliphatic carbocycles. The number of aromatic carboxylic acids is 1. The molecule has 2 N–H and O–H groups in total. The summed E-state index contributed by atoms with van der Waals surface area (Å²) in [7, 11) is 1.97. The number of aryl methyl sites for hydroxylation is 2. The molecule has 8 nitrogen and oxygen atoms in total. The van der Waals surface area contributed by atoms with E-state index in [1.54, 1.807) is 0 Å². The number of carbonyl (C=O) groups is 1. The van der Waals surface area contributed by atoms with Gasteiger partial charge in [0.1, 0.15) is 5.82 Å². The quantitative estimate of drug-likeness (QED) is 0.454. The van der Waals surface area contributed by atoms with Crippen LogP contribution in [0.2, 0.25) is 0 Å². The Bertz CT molecular complexity index is 1280. The van der Waals surface area contributed by atoms with Crippen LogP contribution in [-0.2, 0) is 6.54 Å². The van der Waals surface area contributed by atoms with Gasteiger partial charge < -0.3 is 15.3 Å². The number of fused-ring (bicyclic) bond motifs is 1. The van der Waals surface area contributed by atoms with Crippen LogP contribution in [-0.4, -0.2) is 44.4 Å². The molecule has 0 aliphatic rings. The van der Waals surface area contributed by atoms with Crippen molar-refractivity contribution in [3.05, 3.63) is 71.0 Å². The molecule has 0 aliphatic heterocycles. The van der Waals surface area contributed by atoms with Crippen LogP contribution in [0.3, 0.4) is 0 Å². The molecule has 0 saturated heterocycles. The Morgan fingerprint density at radius 1 is 1.16 bits per heavy atom. The number of nitrogens with zero attached hydrogens (tertiary/aromatic N) is 5. The number of carboxylic acids is 1. The monoisotopic (exact) mass is 430 g/mol. The van der Waals surface area contributed by atoms with Gasteiger partial charge in [-0.2, -0.15) is 10.1 Å². The van der Waals surface area contributed by atoms with Crippen molar-refractivity contribution in [3.63, 3.8) is 0 Å². The summed E-state index contributed by atoms with van der Waals surface area (Å²) in [6.45, 7) is 7.78. The highest BCUT2D eigenvalue weighted by Gasteiger charge is 2.15. The number of benzene rings is 2. The summed E-state index contributed by atoms with van der Waals surface area (Å²) in [6.07, 6.45) is 2.71. The average molecular weight is 431 g/mol. The zero-order chi connectivity index (χ0) is 22.8. The van der Waals surface area contributed by atoms with Gasteiger partial charge in [0.2, 0.25) is 0 Å². The molecule has 0 spiro atoms. The molecule has 4 rings (SSSR count). The summed E-state index contributed by atoms with van der Waals surface area (Å²) in [5.41, 5.74) is 5.64. The second-order valence-electron chi connectivity index (χ2n) is 7.80. The van der Waals surface area contributed by atoms with Gasteiger partial charge in [0, 0.05) is 37.4 Å². The molecule has 0 atom stereocenters. The third-order valence-electron chi connectivity index (χ3n) is 5.65. The minimum absolute atomic E-state index is 0.0881. The van der Waals surface area contributed by atoms with Crippen LogP contribution in [0.1, 0.15) is 34.0 Å². The molecule has 8 heteroatoms. The van der Waals surface area contributed by atoms with Crippen LogP contribution >= 0.6 is 0 Å². The van der Waals surface area contributed by atoms with E-state index in [2.05, 4.69) is 53.5 Å². The molecule has 0 saturated carbocycles. The fraction of sp³-hybridized carbons (Fsp3) is 0.250. The van der Waals surface area contributed by atoms with Gasteiger partial charge in [-0.25, -0.2) is 14.5 Å². The smallest absolute Gasteiger partial charge is 0.338 e. The van der Waals surface area contributed by atoms with E-state index in [-0.39, 0.29) is 5.56 Å². The van der Waals surface area contributed by atoms with E-state index in [0.29, 0.717) is 5.95 Å². The van der Waals surface area contributed by atoms with E-state index >= 15 is 0 Å². The van der Waals surface area contributed by atoms with Gasteiger partial charge in [-0.05, 0) is 55.7 Å². The van der Waals surface area contributed by atoms with Crippen molar-refractivity contribution < 1.29 is 9.90 Å². The van der Waals surface area contributed by atoms with Crippen LogP contribution in [0.4, 0.5) is 11.5 Å². The first-order valence-corrected chi connectivity index (χ1v) is 10.5. The van der Waals surface area contributed by atoms with E-state index in [0.717, 1.165) is 35.5 Å². The average Bonchev–Trinajstić information content (AvgIpc) is 3.28. The van der Waals surface area contributed by atoms with Gasteiger partial charge in [-0.1, -0.05) is 18.2 Å². The minimum atomic E-state index is -1.04. The Morgan fingerprint density at radius 2 is 1.91 bits per heavy atom. The second kappa shape index (κ2) is 8.66. The number of anilines is 2. The Morgan fingerprint density at radius 3 is 2.56 bits per heavy atom. The van der Waals surface area contributed by atoms with E-state index in [9.17, 15) is 9.90 Å². The molecule has 2 heterocycles. The van der Waals surface area contributed by atoms with Crippen LogP contribution in [0.25, 0.3) is 16.9 Å². The van der Waals surface area contributed by atoms with Crippen LogP contribution in [0, 0.1) is 13.8 Å². The van der Waals surface area contributed by atoms with Crippen LogP contribution in [0.5, 0.6) is 0 Å². The predicted octanol–water partition coefficient (Wildman–Crippen LogP) is 4.20. The molecule has 164 valence electrons. The SMILES string of the molecule is CCN(C)c1nc(-n2cc(C(=O)O)cn2)nc2ccc(NCc3c(C)cccc3C)cc12. The highest BCUT2D eigenvalue weighted by molar-refractivity contribution is 5.92. The Kier molecular flexibility index (Phi) is 5.77. The summed E-state index contributed by atoms with van der Waals surface area (Å²) >= 11 is 0. The third-order valence-corrected chi connectivity index (χ3v) is 5.65. The summed E-state index contributed by atoms with van der Waals surface area (Å²) in [5, 5.41) is 17.7. The van der Waals surface area contributed by atoms with E-state index < -0.39 is 5.97 Å². The molecular formula is C24H26N6O2. The number of hydrogen-bond acceptors (Lipinski definition) is 6. The third kappa shape index (κ3) is 4.12. The number of rotatable bonds is 7. The lowest BCUT2D eigenvalue weighted by Crippen LogP contribution is -2.19. The Balaban J connectivity index is 1.72. The molecule has 4 aromatic rings. The van der Waals surface area contributed by atoms with E-state index in [1.807, 2.05) is 31.0 Å². The fourth-order valence-corrected chi connectivity index (χ4v) is 3.61. The molecule has 2 aromatic carbocycles. The lowest BCUT2D eigenvalue weighted by Gasteiger charge is -2.19.